The number of anilines is 2. The summed E-state index contributed by atoms with van der Waals surface area (Å²) >= 11 is 0. The highest BCUT2D eigenvalue weighted by molar-refractivity contribution is 6.06. The minimum absolute atomic E-state index is 0.0321. The van der Waals surface area contributed by atoms with E-state index < -0.39 is 30.4 Å². The normalized spacial score (nSPS) is 13.0. The van der Waals surface area contributed by atoms with Crippen LogP contribution in [0.4, 0.5) is 28.9 Å². The highest BCUT2D eigenvalue weighted by atomic mass is 19.4. The minimum Gasteiger partial charge on any atom is -0.343 e. The van der Waals surface area contributed by atoms with Gasteiger partial charge >= 0.3 is 6.18 Å². The number of hydrogen-bond acceptors (Lipinski definition) is 3. The number of fused-ring (bicyclic) bond motifs is 1. The molecule has 0 saturated heterocycles. The summed E-state index contributed by atoms with van der Waals surface area (Å²) in [6.07, 6.45) is -4.03. The molecule has 0 radical (unpaired) electrons. The molecule has 0 fully saturated rings. The van der Waals surface area contributed by atoms with Crippen LogP contribution in [0.2, 0.25) is 0 Å². The SMILES string of the molecule is CC(=O)N1CCc2cc(C(=O)Nc3cc(C(=O)NCC(F)(F)F)cc(F)c3C)ccc21. The number of alkyl halides is 3. The lowest BCUT2D eigenvalue weighted by Gasteiger charge is -2.15. The van der Waals surface area contributed by atoms with E-state index in [1.807, 2.05) is 0 Å². The summed E-state index contributed by atoms with van der Waals surface area (Å²) < 4.78 is 51.2. The molecule has 0 atom stereocenters. The maximum atomic E-state index is 14.2. The molecule has 2 aromatic carbocycles. The number of carbonyl (C=O) groups excluding carboxylic acids is 3. The Balaban J connectivity index is 1.81. The molecule has 0 saturated carbocycles. The van der Waals surface area contributed by atoms with Crippen molar-refractivity contribution in [2.45, 2.75) is 26.4 Å². The average molecular weight is 437 g/mol. The van der Waals surface area contributed by atoms with E-state index >= 15 is 0 Å². The van der Waals surface area contributed by atoms with E-state index in [1.54, 1.807) is 22.3 Å². The molecule has 0 unspecified atom stereocenters. The number of amides is 3. The van der Waals surface area contributed by atoms with Crippen LogP contribution < -0.4 is 15.5 Å². The third-order valence-corrected chi connectivity index (χ3v) is 4.92. The molecule has 10 heteroatoms. The first-order chi connectivity index (χ1) is 14.5. The van der Waals surface area contributed by atoms with Gasteiger partial charge in [-0.3, -0.25) is 14.4 Å². The first-order valence-corrected chi connectivity index (χ1v) is 9.34. The number of nitrogens with one attached hydrogen (secondary N) is 2. The van der Waals surface area contributed by atoms with Gasteiger partial charge in [0, 0.05) is 41.5 Å². The Labute approximate surface area is 175 Å². The van der Waals surface area contributed by atoms with Crippen molar-refractivity contribution in [2.24, 2.45) is 0 Å². The minimum atomic E-state index is -4.61. The maximum Gasteiger partial charge on any atom is 0.405 e. The number of rotatable bonds is 4. The van der Waals surface area contributed by atoms with Gasteiger partial charge in [0.25, 0.3) is 11.8 Å². The second-order valence-corrected chi connectivity index (χ2v) is 7.15. The Morgan fingerprint density at radius 1 is 1.06 bits per heavy atom. The van der Waals surface area contributed by atoms with Crippen molar-refractivity contribution in [3.63, 3.8) is 0 Å². The molecule has 1 aliphatic rings. The van der Waals surface area contributed by atoms with Crippen molar-refractivity contribution in [1.82, 2.24) is 5.32 Å². The maximum absolute atomic E-state index is 14.2. The molecule has 31 heavy (non-hydrogen) atoms. The van der Waals surface area contributed by atoms with Crippen LogP contribution in [0.25, 0.3) is 0 Å². The van der Waals surface area contributed by atoms with Crippen LogP contribution in [0.1, 0.15) is 38.8 Å². The lowest BCUT2D eigenvalue weighted by molar-refractivity contribution is -0.123. The van der Waals surface area contributed by atoms with Crippen LogP contribution in [0, 0.1) is 12.7 Å². The Kier molecular flexibility index (Phi) is 6.01. The smallest absolute Gasteiger partial charge is 0.343 e. The number of nitrogens with zero attached hydrogens (tertiary/aromatic N) is 1. The molecular weight excluding hydrogens is 418 g/mol. The fraction of sp³-hybridized carbons (Fsp3) is 0.286. The molecule has 0 aliphatic carbocycles. The van der Waals surface area contributed by atoms with E-state index in [2.05, 4.69) is 5.32 Å². The fourth-order valence-corrected chi connectivity index (χ4v) is 3.29. The van der Waals surface area contributed by atoms with Crippen LogP contribution in [0.15, 0.2) is 30.3 Å². The van der Waals surface area contributed by atoms with Gasteiger partial charge in [-0.05, 0) is 49.2 Å². The summed E-state index contributed by atoms with van der Waals surface area (Å²) in [5.41, 5.74) is 1.43. The van der Waals surface area contributed by atoms with Crippen molar-refractivity contribution in [3.05, 3.63) is 58.4 Å². The molecular formula is C21H19F4N3O3. The van der Waals surface area contributed by atoms with E-state index in [9.17, 15) is 31.9 Å². The molecule has 3 amide bonds. The van der Waals surface area contributed by atoms with Crippen molar-refractivity contribution in [2.75, 3.05) is 23.3 Å². The molecule has 0 aromatic heterocycles. The predicted molar refractivity (Wildman–Crippen MR) is 106 cm³/mol. The van der Waals surface area contributed by atoms with Crippen LogP contribution in [0.5, 0.6) is 0 Å². The lowest BCUT2D eigenvalue weighted by Crippen LogP contribution is -2.33. The number of benzene rings is 2. The molecule has 2 N–H and O–H groups in total. The van der Waals surface area contributed by atoms with Gasteiger partial charge in [-0.15, -0.1) is 0 Å². The zero-order valence-electron chi connectivity index (χ0n) is 16.7. The van der Waals surface area contributed by atoms with Crippen LogP contribution in [0.3, 0.4) is 0 Å². The summed E-state index contributed by atoms with van der Waals surface area (Å²) in [4.78, 5) is 37.9. The highest BCUT2D eigenvalue weighted by Gasteiger charge is 2.28. The Bertz CT molecular complexity index is 1070. The summed E-state index contributed by atoms with van der Waals surface area (Å²) in [5.74, 6) is -2.66. The molecule has 1 heterocycles. The van der Waals surface area contributed by atoms with Crippen LogP contribution in [-0.4, -0.2) is 37.0 Å². The Hall–Kier alpha value is -3.43. The summed E-state index contributed by atoms with van der Waals surface area (Å²) in [6, 6.07) is 6.71. The summed E-state index contributed by atoms with van der Waals surface area (Å²) in [6.45, 7) is 1.77. The van der Waals surface area contributed by atoms with E-state index in [0.717, 1.165) is 23.4 Å². The van der Waals surface area contributed by atoms with E-state index in [4.69, 9.17) is 0 Å². The second-order valence-electron chi connectivity index (χ2n) is 7.15. The first-order valence-electron chi connectivity index (χ1n) is 9.34. The Morgan fingerprint density at radius 2 is 1.77 bits per heavy atom. The number of hydrogen-bond donors (Lipinski definition) is 2. The van der Waals surface area contributed by atoms with Gasteiger partial charge in [-0.1, -0.05) is 0 Å². The topological polar surface area (TPSA) is 78.5 Å². The molecule has 3 rings (SSSR count). The predicted octanol–water partition coefficient (Wildman–Crippen LogP) is 3.59. The quantitative estimate of drug-likeness (QED) is 0.718. The van der Waals surface area contributed by atoms with Crippen molar-refractivity contribution >= 4 is 29.1 Å². The number of carbonyl (C=O) groups is 3. The van der Waals surface area contributed by atoms with Gasteiger partial charge in [0.1, 0.15) is 12.4 Å². The lowest BCUT2D eigenvalue weighted by atomic mass is 10.1. The van der Waals surface area contributed by atoms with Gasteiger partial charge in [0.05, 0.1) is 0 Å². The fourth-order valence-electron chi connectivity index (χ4n) is 3.29. The van der Waals surface area contributed by atoms with E-state index in [0.29, 0.717) is 13.0 Å². The molecule has 6 nitrogen and oxygen atoms in total. The highest BCUT2D eigenvalue weighted by Crippen LogP contribution is 2.29. The van der Waals surface area contributed by atoms with Crippen LogP contribution in [-0.2, 0) is 11.2 Å². The van der Waals surface area contributed by atoms with Gasteiger partial charge < -0.3 is 15.5 Å². The van der Waals surface area contributed by atoms with Gasteiger partial charge in [-0.2, -0.15) is 13.2 Å². The van der Waals surface area contributed by atoms with E-state index in [-0.39, 0.29) is 28.3 Å². The van der Waals surface area contributed by atoms with Gasteiger partial charge in [0.2, 0.25) is 5.91 Å². The second kappa shape index (κ2) is 8.37. The van der Waals surface area contributed by atoms with E-state index in [1.165, 1.54) is 19.9 Å². The Morgan fingerprint density at radius 3 is 2.42 bits per heavy atom. The first kappa shape index (κ1) is 22.3. The van der Waals surface area contributed by atoms with Crippen molar-refractivity contribution in [3.8, 4) is 0 Å². The molecule has 164 valence electrons. The largest absolute Gasteiger partial charge is 0.405 e. The standard InChI is InChI=1S/C21H19F4N3O3/c1-11-16(22)8-15(19(30)26-10-21(23,24)25)9-17(11)27-20(31)14-3-4-18-13(7-14)5-6-28(18)12(2)29/h3-4,7-9H,5-6,10H2,1-2H3,(H,26,30)(H,27,31). The van der Waals surface area contributed by atoms with Gasteiger partial charge in [0.15, 0.2) is 0 Å². The zero-order valence-corrected chi connectivity index (χ0v) is 16.7. The zero-order chi connectivity index (χ0) is 22.9. The van der Waals surface area contributed by atoms with Crippen molar-refractivity contribution < 1.29 is 31.9 Å². The molecule has 2 aromatic rings. The summed E-state index contributed by atoms with van der Waals surface area (Å²) in [7, 11) is 0. The third kappa shape index (κ3) is 5.01. The third-order valence-electron chi connectivity index (χ3n) is 4.92. The molecule has 1 aliphatic heterocycles. The number of halogens is 4. The summed E-state index contributed by atoms with van der Waals surface area (Å²) in [5, 5.41) is 4.16. The van der Waals surface area contributed by atoms with Gasteiger partial charge in [-0.25, -0.2) is 4.39 Å². The molecule has 0 spiro atoms. The molecule has 0 bridgehead atoms. The van der Waals surface area contributed by atoms with Crippen molar-refractivity contribution in [1.29, 1.82) is 0 Å². The monoisotopic (exact) mass is 437 g/mol. The average Bonchev–Trinajstić information content (AvgIpc) is 3.12. The van der Waals surface area contributed by atoms with Crippen LogP contribution >= 0.6 is 0 Å².